The van der Waals surface area contributed by atoms with Crippen LogP contribution in [0.3, 0.4) is 0 Å². The molecule has 0 bridgehead atoms. The van der Waals surface area contributed by atoms with Gasteiger partial charge < -0.3 is 5.32 Å². The van der Waals surface area contributed by atoms with E-state index in [9.17, 15) is 4.79 Å². The summed E-state index contributed by atoms with van der Waals surface area (Å²) in [5.41, 5.74) is 1.90. The fourth-order valence-corrected chi connectivity index (χ4v) is 3.56. The van der Waals surface area contributed by atoms with Gasteiger partial charge in [0.1, 0.15) is 12.2 Å². The molecule has 6 heteroatoms. The van der Waals surface area contributed by atoms with Crippen LogP contribution in [-0.4, -0.2) is 38.7 Å². The minimum absolute atomic E-state index is 0.0686. The highest BCUT2D eigenvalue weighted by Crippen LogP contribution is 2.15. The number of aromatic nitrogens is 3. The number of carbonyl (C=O) groups is 1. The molecule has 1 aromatic carbocycles. The fourth-order valence-electron chi connectivity index (χ4n) is 3.56. The molecule has 0 unspecified atom stereocenters. The molecule has 0 saturated carbocycles. The lowest BCUT2D eigenvalue weighted by atomic mass is 10.1. The molecule has 6 nitrogen and oxygen atoms in total. The van der Waals surface area contributed by atoms with Crippen molar-refractivity contribution in [3.63, 3.8) is 0 Å². The van der Waals surface area contributed by atoms with E-state index in [1.54, 1.807) is 4.68 Å². The first-order valence-electron chi connectivity index (χ1n) is 9.67. The van der Waals surface area contributed by atoms with Gasteiger partial charge in [-0.3, -0.25) is 9.69 Å². The molecular formula is C20H29N5O. The Balaban J connectivity index is 1.64. The highest BCUT2D eigenvalue weighted by atomic mass is 16.1. The van der Waals surface area contributed by atoms with Gasteiger partial charge in [-0.25, -0.2) is 9.67 Å². The Hall–Kier alpha value is -2.21. The summed E-state index contributed by atoms with van der Waals surface area (Å²) in [7, 11) is 0. The Labute approximate surface area is 155 Å². The van der Waals surface area contributed by atoms with Crippen LogP contribution in [-0.2, 0) is 13.1 Å². The summed E-state index contributed by atoms with van der Waals surface area (Å²) >= 11 is 0. The highest BCUT2D eigenvalue weighted by Gasteiger charge is 2.17. The van der Waals surface area contributed by atoms with Gasteiger partial charge in [-0.2, -0.15) is 5.10 Å². The lowest BCUT2D eigenvalue weighted by Crippen LogP contribution is -2.29. The number of nitrogens with zero attached hydrogens (tertiary/aromatic N) is 4. The third-order valence-corrected chi connectivity index (χ3v) is 4.97. The zero-order valence-corrected chi connectivity index (χ0v) is 15.8. The number of aryl methyl sites for hydroxylation is 1. The summed E-state index contributed by atoms with van der Waals surface area (Å²) in [6.07, 6.45) is 6.74. The molecule has 140 valence electrons. The number of likely N-dealkylation sites (tertiary alicyclic amines) is 1. The van der Waals surface area contributed by atoms with Crippen molar-refractivity contribution in [3.8, 4) is 0 Å². The largest absolute Gasteiger partial charge is 0.342 e. The highest BCUT2D eigenvalue weighted by molar-refractivity contribution is 5.94. The van der Waals surface area contributed by atoms with E-state index in [4.69, 9.17) is 0 Å². The molecule has 1 aromatic heterocycles. The number of nitrogens with one attached hydrogen (secondary N) is 1. The Kier molecular flexibility index (Phi) is 6.39. The average Bonchev–Trinajstić information content (AvgIpc) is 2.99. The second kappa shape index (κ2) is 8.94. The zero-order chi connectivity index (χ0) is 18.4. The lowest BCUT2D eigenvalue weighted by molar-refractivity contribution is 0.0937. The van der Waals surface area contributed by atoms with Crippen molar-refractivity contribution in [2.45, 2.75) is 58.7 Å². The zero-order valence-electron chi connectivity index (χ0n) is 15.8. The minimum Gasteiger partial charge on any atom is -0.342 e. The molecule has 1 fully saturated rings. The predicted octanol–water partition coefficient (Wildman–Crippen LogP) is 3.17. The van der Waals surface area contributed by atoms with Gasteiger partial charge in [0.15, 0.2) is 0 Å². The molecule has 2 heterocycles. The molecule has 26 heavy (non-hydrogen) atoms. The molecule has 1 aliphatic rings. The third-order valence-electron chi connectivity index (χ3n) is 4.97. The van der Waals surface area contributed by atoms with Crippen molar-refractivity contribution in [1.82, 2.24) is 25.0 Å². The van der Waals surface area contributed by atoms with Crippen LogP contribution in [0.1, 0.15) is 67.3 Å². The van der Waals surface area contributed by atoms with Crippen LogP contribution in [0.15, 0.2) is 30.6 Å². The van der Waals surface area contributed by atoms with Gasteiger partial charge in [-0.05, 0) is 57.5 Å². The number of amides is 1. The smallest absolute Gasteiger partial charge is 0.251 e. The molecule has 3 rings (SSSR count). The first-order chi connectivity index (χ1) is 12.7. The van der Waals surface area contributed by atoms with E-state index >= 15 is 0 Å². The van der Waals surface area contributed by atoms with Crippen molar-refractivity contribution >= 4 is 5.91 Å². The maximum Gasteiger partial charge on any atom is 0.251 e. The predicted molar refractivity (Wildman–Crippen MR) is 102 cm³/mol. The van der Waals surface area contributed by atoms with Crippen molar-refractivity contribution in [1.29, 1.82) is 0 Å². The van der Waals surface area contributed by atoms with Gasteiger partial charge in [-0.15, -0.1) is 0 Å². The number of benzene rings is 1. The summed E-state index contributed by atoms with van der Waals surface area (Å²) in [6, 6.07) is 7.79. The molecule has 0 spiro atoms. The standard InChI is InChI=1S/C20H29N5O/c1-3-25-19(21-15-22-25)16(2)23-20(26)18-10-8-9-17(13-18)14-24-11-6-4-5-7-12-24/h8-10,13,15-16H,3-7,11-12,14H2,1-2H3,(H,23,26)/t16-/m1/s1. The van der Waals surface area contributed by atoms with E-state index in [2.05, 4.69) is 26.4 Å². The molecule has 0 aliphatic carbocycles. The molecule has 0 radical (unpaired) electrons. The third kappa shape index (κ3) is 4.69. The Bertz CT molecular complexity index is 718. The average molecular weight is 355 g/mol. The first-order valence-corrected chi connectivity index (χ1v) is 9.67. The minimum atomic E-state index is -0.181. The van der Waals surface area contributed by atoms with E-state index in [-0.39, 0.29) is 11.9 Å². The first kappa shape index (κ1) is 18.6. The molecule has 1 atom stereocenters. The Morgan fingerprint density at radius 2 is 2.00 bits per heavy atom. The summed E-state index contributed by atoms with van der Waals surface area (Å²) in [5.74, 6) is 0.711. The Morgan fingerprint density at radius 1 is 1.23 bits per heavy atom. The SMILES string of the molecule is CCn1ncnc1[C@@H](C)NC(=O)c1cccc(CN2CCCCCC2)c1. The molecule has 1 amide bonds. The van der Waals surface area contributed by atoms with Crippen LogP contribution in [0.2, 0.25) is 0 Å². The molecular weight excluding hydrogens is 326 g/mol. The quantitative estimate of drug-likeness (QED) is 0.864. The fraction of sp³-hybridized carbons (Fsp3) is 0.550. The van der Waals surface area contributed by atoms with E-state index < -0.39 is 0 Å². The van der Waals surface area contributed by atoms with E-state index in [0.29, 0.717) is 5.56 Å². The number of carbonyl (C=O) groups excluding carboxylic acids is 1. The van der Waals surface area contributed by atoms with Gasteiger partial charge in [0.2, 0.25) is 0 Å². The number of rotatable bonds is 6. The van der Waals surface area contributed by atoms with Crippen molar-refractivity contribution in [2.24, 2.45) is 0 Å². The summed E-state index contributed by atoms with van der Waals surface area (Å²) in [5, 5.41) is 7.21. The van der Waals surface area contributed by atoms with E-state index in [0.717, 1.165) is 32.0 Å². The molecule has 1 aliphatic heterocycles. The van der Waals surface area contributed by atoms with Crippen LogP contribution in [0.5, 0.6) is 0 Å². The van der Waals surface area contributed by atoms with Crippen LogP contribution in [0.4, 0.5) is 0 Å². The summed E-state index contributed by atoms with van der Waals surface area (Å²) < 4.78 is 1.81. The summed E-state index contributed by atoms with van der Waals surface area (Å²) in [4.78, 5) is 19.4. The second-order valence-corrected chi connectivity index (χ2v) is 7.02. The van der Waals surface area contributed by atoms with Crippen LogP contribution in [0.25, 0.3) is 0 Å². The van der Waals surface area contributed by atoms with Crippen LogP contribution >= 0.6 is 0 Å². The maximum absolute atomic E-state index is 12.7. The van der Waals surface area contributed by atoms with Gasteiger partial charge in [-0.1, -0.05) is 25.0 Å². The van der Waals surface area contributed by atoms with Crippen LogP contribution < -0.4 is 5.32 Å². The van der Waals surface area contributed by atoms with Crippen LogP contribution in [0, 0.1) is 0 Å². The number of hydrogen-bond donors (Lipinski definition) is 1. The lowest BCUT2D eigenvalue weighted by Gasteiger charge is -2.20. The van der Waals surface area contributed by atoms with Crippen molar-refractivity contribution in [2.75, 3.05) is 13.1 Å². The molecule has 1 saturated heterocycles. The number of hydrogen-bond acceptors (Lipinski definition) is 4. The van der Waals surface area contributed by atoms with E-state index in [1.807, 2.05) is 32.0 Å². The molecule has 2 aromatic rings. The van der Waals surface area contributed by atoms with Gasteiger partial charge in [0.05, 0.1) is 6.04 Å². The van der Waals surface area contributed by atoms with E-state index in [1.165, 1.54) is 37.6 Å². The Morgan fingerprint density at radius 3 is 2.73 bits per heavy atom. The second-order valence-electron chi connectivity index (χ2n) is 7.02. The topological polar surface area (TPSA) is 63.1 Å². The maximum atomic E-state index is 12.7. The van der Waals surface area contributed by atoms with Gasteiger partial charge in [0.25, 0.3) is 5.91 Å². The van der Waals surface area contributed by atoms with Gasteiger partial charge >= 0.3 is 0 Å². The normalized spacial score (nSPS) is 16.8. The van der Waals surface area contributed by atoms with Gasteiger partial charge in [0, 0.05) is 18.7 Å². The summed E-state index contributed by atoms with van der Waals surface area (Å²) in [6.45, 7) is 7.91. The molecule has 1 N–H and O–H groups in total. The van der Waals surface area contributed by atoms with Crippen molar-refractivity contribution < 1.29 is 4.79 Å². The monoisotopic (exact) mass is 355 g/mol. The van der Waals surface area contributed by atoms with Crippen molar-refractivity contribution in [3.05, 3.63) is 47.5 Å².